The Labute approximate surface area is 54.8 Å². The standard InChI is InChI=1S/C6H12OS/c1-4-6(7)5(2)8-3/h5H,4H2,1-3H3. The first-order valence-electron chi connectivity index (χ1n) is 2.77. The van der Waals surface area contributed by atoms with E-state index in [4.69, 9.17) is 0 Å². The number of Topliss-reactive ketones (excluding diaryl/α,β-unsaturated/α-hetero) is 1. The van der Waals surface area contributed by atoms with E-state index in [-0.39, 0.29) is 5.25 Å². The molecule has 0 saturated heterocycles. The third-order valence-corrected chi connectivity index (χ3v) is 2.13. The number of hydrogen-bond donors (Lipinski definition) is 0. The van der Waals surface area contributed by atoms with Crippen molar-refractivity contribution in [1.82, 2.24) is 0 Å². The lowest BCUT2D eigenvalue weighted by atomic mass is 10.2. The first-order chi connectivity index (χ1) is 3.72. The average Bonchev–Trinajstić information content (AvgIpc) is 1.84. The van der Waals surface area contributed by atoms with Crippen LogP contribution in [0.3, 0.4) is 0 Å². The second-order valence-corrected chi connectivity index (χ2v) is 2.88. The maximum absolute atomic E-state index is 10.7. The van der Waals surface area contributed by atoms with Gasteiger partial charge in [-0.2, -0.15) is 11.8 Å². The van der Waals surface area contributed by atoms with Crippen molar-refractivity contribution >= 4 is 17.5 Å². The fourth-order valence-corrected chi connectivity index (χ4v) is 0.848. The van der Waals surface area contributed by atoms with E-state index in [9.17, 15) is 4.79 Å². The van der Waals surface area contributed by atoms with Crippen molar-refractivity contribution < 1.29 is 4.79 Å². The number of thioether (sulfide) groups is 1. The number of carbonyl (C=O) groups is 1. The van der Waals surface area contributed by atoms with Crippen molar-refractivity contribution in [2.75, 3.05) is 6.26 Å². The molecule has 0 aromatic rings. The van der Waals surface area contributed by atoms with Gasteiger partial charge in [0.2, 0.25) is 0 Å². The van der Waals surface area contributed by atoms with Gasteiger partial charge in [-0.15, -0.1) is 0 Å². The molecule has 8 heavy (non-hydrogen) atoms. The van der Waals surface area contributed by atoms with E-state index in [1.54, 1.807) is 11.8 Å². The molecule has 0 aromatic heterocycles. The zero-order valence-corrected chi connectivity index (χ0v) is 6.42. The summed E-state index contributed by atoms with van der Waals surface area (Å²) in [6.07, 6.45) is 2.63. The molecule has 0 N–H and O–H groups in total. The van der Waals surface area contributed by atoms with Gasteiger partial charge in [-0.25, -0.2) is 0 Å². The van der Waals surface area contributed by atoms with E-state index in [1.807, 2.05) is 20.1 Å². The lowest BCUT2D eigenvalue weighted by molar-refractivity contribution is -0.117. The van der Waals surface area contributed by atoms with Gasteiger partial charge in [-0.05, 0) is 13.2 Å². The van der Waals surface area contributed by atoms with Crippen molar-refractivity contribution in [3.63, 3.8) is 0 Å². The molecular weight excluding hydrogens is 120 g/mol. The normalized spacial score (nSPS) is 13.4. The number of hydrogen-bond acceptors (Lipinski definition) is 2. The second kappa shape index (κ2) is 3.96. The molecule has 0 bridgehead atoms. The summed E-state index contributed by atoms with van der Waals surface area (Å²) in [5, 5.41) is 0.194. The van der Waals surface area contributed by atoms with Crippen molar-refractivity contribution in [3.8, 4) is 0 Å². The highest BCUT2D eigenvalue weighted by Crippen LogP contribution is 2.06. The molecule has 0 aliphatic carbocycles. The monoisotopic (exact) mass is 132 g/mol. The van der Waals surface area contributed by atoms with Crippen LogP contribution in [0.5, 0.6) is 0 Å². The largest absolute Gasteiger partial charge is 0.298 e. The number of ketones is 1. The molecule has 0 rings (SSSR count). The van der Waals surface area contributed by atoms with Crippen LogP contribution in [0, 0.1) is 0 Å². The lowest BCUT2D eigenvalue weighted by Gasteiger charge is -2.01. The van der Waals surface area contributed by atoms with Gasteiger partial charge in [0.05, 0.1) is 5.25 Å². The van der Waals surface area contributed by atoms with Gasteiger partial charge in [-0.1, -0.05) is 6.92 Å². The maximum Gasteiger partial charge on any atom is 0.145 e. The van der Waals surface area contributed by atoms with E-state index < -0.39 is 0 Å². The summed E-state index contributed by atoms with van der Waals surface area (Å²) in [5.41, 5.74) is 0. The molecule has 0 amide bonds. The molecule has 0 fully saturated rings. The van der Waals surface area contributed by atoms with Crippen LogP contribution in [0.4, 0.5) is 0 Å². The summed E-state index contributed by atoms with van der Waals surface area (Å²) >= 11 is 1.61. The third-order valence-electron chi connectivity index (χ3n) is 1.16. The predicted molar refractivity (Wildman–Crippen MR) is 38.3 cm³/mol. The van der Waals surface area contributed by atoms with E-state index >= 15 is 0 Å². The summed E-state index contributed by atoms with van der Waals surface area (Å²) in [7, 11) is 0. The summed E-state index contributed by atoms with van der Waals surface area (Å²) < 4.78 is 0. The Balaban J connectivity index is 3.46. The molecule has 0 saturated carbocycles. The summed E-state index contributed by atoms with van der Waals surface area (Å²) in [5.74, 6) is 0.345. The molecule has 48 valence electrons. The van der Waals surface area contributed by atoms with Crippen molar-refractivity contribution in [1.29, 1.82) is 0 Å². The van der Waals surface area contributed by atoms with E-state index in [1.165, 1.54) is 0 Å². The van der Waals surface area contributed by atoms with Crippen molar-refractivity contribution in [3.05, 3.63) is 0 Å². The van der Waals surface area contributed by atoms with Gasteiger partial charge in [0, 0.05) is 6.42 Å². The van der Waals surface area contributed by atoms with Gasteiger partial charge in [0.1, 0.15) is 5.78 Å². The molecule has 1 unspecified atom stereocenters. The molecule has 0 spiro atoms. The lowest BCUT2D eigenvalue weighted by Crippen LogP contribution is -2.10. The Hall–Kier alpha value is 0.0200. The van der Waals surface area contributed by atoms with Crippen LogP contribution in [0.15, 0.2) is 0 Å². The van der Waals surface area contributed by atoms with Crippen molar-refractivity contribution in [2.24, 2.45) is 0 Å². The molecular formula is C6H12OS. The predicted octanol–water partition coefficient (Wildman–Crippen LogP) is 1.72. The Bertz CT molecular complexity index is 80.6. The van der Waals surface area contributed by atoms with Crippen molar-refractivity contribution in [2.45, 2.75) is 25.5 Å². The zero-order chi connectivity index (χ0) is 6.57. The SMILES string of the molecule is CCC(=O)C(C)SC. The van der Waals surface area contributed by atoms with E-state index in [2.05, 4.69) is 0 Å². The summed E-state index contributed by atoms with van der Waals surface area (Å²) in [6, 6.07) is 0. The highest BCUT2D eigenvalue weighted by Gasteiger charge is 2.06. The molecule has 0 aliphatic heterocycles. The van der Waals surface area contributed by atoms with E-state index in [0.29, 0.717) is 12.2 Å². The van der Waals surface area contributed by atoms with Gasteiger partial charge >= 0.3 is 0 Å². The topological polar surface area (TPSA) is 17.1 Å². The van der Waals surface area contributed by atoms with Crippen LogP contribution in [0.25, 0.3) is 0 Å². The Morgan fingerprint density at radius 1 is 1.75 bits per heavy atom. The molecule has 0 radical (unpaired) electrons. The van der Waals surface area contributed by atoms with Gasteiger partial charge in [-0.3, -0.25) is 4.79 Å². The quantitative estimate of drug-likeness (QED) is 0.581. The highest BCUT2D eigenvalue weighted by atomic mass is 32.2. The maximum atomic E-state index is 10.7. The minimum absolute atomic E-state index is 0.194. The zero-order valence-electron chi connectivity index (χ0n) is 5.60. The van der Waals surface area contributed by atoms with Crippen LogP contribution in [-0.4, -0.2) is 17.3 Å². The van der Waals surface area contributed by atoms with Crippen LogP contribution < -0.4 is 0 Å². The summed E-state index contributed by atoms with van der Waals surface area (Å²) in [6.45, 7) is 3.84. The van der Waals surface area contributed by atoms with Crippen LogP contribution in [-0.2, 0) is 4.79 Å². The number of carbonyl (C=O) groups excluding carboxylic acids is 1. The van der Waals surface area contributed by atoms with Crippen LogP contribution in [0.1, 0.15) is 20.3 Å². The van der Waals surface area contributed by atoms with Gasteiger partial charge in [0.25, 0.3) is 0 Å². The third kappa shape index (κ3) is 2.36. The summed E-state index contributed by atoms with van der Waals surface area (Å²) in [4.78, 5) is 10.7. The Kier molecular flexibility index (Phi) is 3.97. The minimum atomic E-state index is 0.194. The highest BCUT2D eigenvalue weighted by molar-refractivity contribution is 7.99. The molecule has 0 heterocycles. The Morgan fingerprint density at radius 2 is 2.25 bits per heavy atom. The minimum Gasteiger partial charge on any atom is -0.298 e. The fraction of sp³-hybridized carbons (Fsp3) is 0.833. The average molecular weight is 132 g/mol. The molecule has 1 atom stereocenters. The van der Waals surface area contributed by atoms with Crippen LogP contribution in [0.2, 0.25) is 0 Å². The first-order valence-corrected chi connectivity index (χ1v) is 4.06. The molecule has 0 aromatic carbocycles. The van der Waals surface area contributed by atoms with Crippen LogP contribution >= 0.6 is 11.8 Å². The Morgan fingerprint density at radius 3 is 2.38 bits per heavy atom. The second-order valence-electron chi connectivity index (χ2n) is 1.70. The van der Waals surface area contributed by atoms with E-state index in [0.717, 1.165) is 0 Å². The molecule has 1 nitrogen and oxygen atoms in total. The van der Waals surface area contributed by atoms with Gasteiger partial charge in [0.15, 0.2) is 0 Å². The van der Waals surface area contributed by atoms with Gasteiger partial charge < -0.3 is 0 Å². The fourth-order valence-electron chi connectivity index (χ4n) is 0.419. The molecule has 0 aliphatic rings. The number of rotatable bonds is 3. The smallest absolute Gasteiger partial charge is 0.145 e. The molecule has 2 heteroatoms. The first kappa shape index (κ1) is 8.02.